The highest BCUT2D eigenvalue weighted by molar-refractivity contribution is 5.89. The van der Waals surface area contributed by atoms with Crippen molar-refractivity contribution in [2.75, 3.05) is 0 Å². The van der Waals surface area contributed by atoms with Gasteiger partial charge in [-0.05, 0) is 33.3 Å². The molecular formula is C18H20O4. The summed E-state index contributed by atoms with van der Waals surface area (Å²) in [6, 6.07) is 0. The van der Waals surface area contributed by atoms with Gasteiger partial charge in [0.1, 0.15) is 11.5 Å². The molecule has 1 aliphatic rings. The zero-order valence-corrected chi connectivity index (χ0v) is 13.1. The number of hydrogen-bond donors (Lipinski definition) is 0. The van der Waals surface area contributed by atoms with E-state index in [0.717, 1.165) is 5.57 Å². The highest BCUT2D eigenvalue weighted by Crippen LogP contribution is 2.23. The van der Waals surface area contributed by atoms with Crippen LogP contribution in [0.15, 0.2) is 71.8 Å². The second-order valence-corrected chi connectivity index (χ2v) is 4.85. The summed E-state index contributed by atoms with van der Waals surface area (Å²) in [6.07, 6.45) is 9.31. The fourth-order valence-corrected chi connectivity index (χ4v) is 1.54. The minimum Gasteiger partial charge on any atom is -0.423 e. The molecule has 0 N–H and O–H groups in total. The first kappa shape index (κ1) is 17.4. The maximum atomic E-state index is 11.8. The lowest BCUT2D eigenvalue weighted by Gasteiger charge is -2.10. The van der Waals surface area contributed by atoms with Crippen molar-refractivity contribution < 1.29 is 19.1 Å². The normalized spacial score (nSPS) is 14.4. The Morgan fingerprint density at radius 1 is 1.09 bits per heavy atom. The summed E-state index contributed by atoms with van der Waals surface area (Å²) in [6.45, 7) is 12.1. The summed E-state index contributed by atoms with van der Waals surface area (Å²) < 4.78 is 10.5. The van der Waals surface area contributed by atoms with Crippen molar-refractivity contribution in [2.24, 2.45) is 0 Å². The first-order chi connectivity index (χ1) is 10.3. The highest BCUT2D eigenvalue weighted by Gasteiger charge is 2.15. The van der Waals surface area contributed by atoms with E-state index in [4.69, 9.17) is 9.47 Å². The molecule has 0 bridgehead atoms. The molecule has 1 rings (SSSR count). The first-order valence-electron chi connectivity index (χ1n) is 6.85. The third-order valence-corrected chi connectivity index (χ3v) is 2.67. The van der Waals surface area contributed by atoms with Gasteiger partial charge >= 0.3 is 11.9 Å². The Labute approximate surface area is 130 Å². The van der Waals surface area contributed by atoms with E-state index in [-0.39, 0.29) is 5.57 Å². The van der Waals surface area contributed by atoms with Crippen molar-refractivity contribution in [1.29, 1.82) is 0 Å². The van der Waals surface area contributed by atoms with E-state index in [1.165, 1.54) is 6.08 Å². The standard InChI is InChI=1S/C18H20O4/c1-6-8-14-9-7-10-15(21-17(19)12(2)3)11-16(14)22-18(20)13(4)5/h6,8-11H,2,4,7H2,1,3,5H3/b8-6+. The van der Waals surface area contributed by atoms with E-state index in [1.807, 2.05) is 25.2 Å². The first-order valence-corrected chi connectivity index (χ1v) is 6.85. The monoisotopic (exact) mass is 300 g/mol. The van der Waals surface area contributed by atoms with Crippen LogP contribution in [0, 0.1) is 0 Å². The van der Waals surface area contributed by atoms with Crippen LogP contribution in [0.2, 0.25) is 0 Å². The number of carbonyl (C=O) groups excluding carboxylic acids is 2. The van der Waals surface area contributed by atoms with Crippen LogP contribution in [0.5, 0.6) is 0 Å². The lowest BCUT2D eigenvalue weighted by molar-refractivity contribution is -0.134. The Bertz CT molecular complexity index is 627. The van der Waals surface area contributed by atoms with Gasteiger partial charge in [0.15, 0.2) is 0 Å². The molecule has 0 heterocycles. The molecule has 0 atom stereocenters. The van der Waals surface area contributed by atoms with E-state index in [0.29, 0.717) is 23.5 Å². The van der Waals surface area contributed by atoms with E-state index >= 15 is 0 Å². The zero-order chi connectivity index (χ0) is 16.7. The highest BCUT2D eigenvalue weighted by atomic mass is 16.5. The van der Waals surface area contributed by atoms with E-state index < -0.39 is 11.9 Å². The second-order valence-electron chi connectivity index (χ2n) is 4.85. The molecular weight excluding hydrogens is 280 g/mol. The largest absolute Gasteiger partial charge is 0.423 e. The van der Waals surface area contributed by atoms with Crippen LogP contribution in [0.1, 0.15) is 27.2 Å². The van der Waals surface area contributed by atoms with Crippen LogP contribution < -0.4 is 0 Å². The summed E-state index contributed by atoms with van der Waals surface area (Å²) >= 11 is 0. The molecule has 0 aliphatic heterocycles. The van der Waals surface area contributed by atoms with Crippen LogP contribution in [-0.2, 0) is 19.1 Å². The third kappa shape index (κ3) is 5.05. The molecule has 22 heavy (non-hydrogen) atoms. The van der Waals surface area contributed by atoms with Gasteiger partial charge in [-0.25, -0.2) is 9.59 Å². The second kappa shape index (κ2) is 7.98. The maximum absolute atomic E-state index is 11.8. The summed E-state index contributed by atoms with van der Waals surface area (Å²) in [5, 5.41) is 0. The number of allylic oxidation sites excluding steroid dienone is 5. The van der Waals surface area contributed by atoms with Crippen LogP contribution >= 0.6 is 0 Å². The van der Waals surface area contributed by atoms with Gasteiger partial charge in [-0.2, -0.15) is 0 Å². The Kier molecular flexibility index (Phi) is 6.32. The van der Waals surface area contributed by atoms with Crippen molar-refractivity contribution in [3.8, 4) is 0 Å². The molecule has 4 heteroatoms. The van der Waals surface area contributed by atoms with Crippen LogP contribution in [0.25, 0.3) is 0 Å². The number of rotatable bonds is 5. The Balaban J connectivity index is 3.09. The van der Waals surface area contributed by atoms with Gasteiger partial charge in [0, 0.05) is 22.8 Å². The minimum atomic E-state index is -0.533. The fraction of sp³-hybridized carbons (Fsp3) is 0.222. The molecule has 0 aromatic heterocycles. The predicted molar refractivity (Wildman–Crippen MR) is 85.5 cm³/mol. The third-order valence-electron chi connectivity index (χ3n) is 2.67. The smallest absolute Gasteiger partial charge is 0.338 e. The average Bonchev–Trinajstić information content (AvgIpc) is 2.62. The molecule has 1 aliphatic carbocycles. The molecule has 0 spiro atoms. The van der Waals surface area contributed by atoms with Gasteiger partial charge in [0.2, 0.25) is 0 Å². The molecule has 0 radical (unpaired) electrons. The number of hydrogen-bond acceptors (Lipinski definition) is 4. The molecule has 0 unspecified atom stereocenters. The van der Waals surface area contributed by atoms with E-state index in [9.17, 15) is 9.59 Å². The number of carbonyl (C=O) groups is 2. The molecule has 116 valence electrons. The summed E-state index contributed by atoms with van der Waals surface area (Å²) in [5.74, 6) is -0.436. The van der Waals surface area contributed by atoms with Crippen LogP contribution in [-0.4, -0.2) is 11.9 Å². The topological polar surface area (TPSA) is 52.6 Å². The number of ether oxygens (including phenoxy) is 2. The Hall–Kier alpha value is -2.62. The van der Waals surface area contributed by atoms with Crippen molar-refractivity contribution in [2.45, 2.75) is 27.2 Å². The predicted octanol–water partition coefficient (Wildman–Crippen LogP) is 3.90. The van der Waals surface area contributed by atoms with Gasteiger partial charge in [-0.3, -0.25) is 0 Å². The van der Waals surface area contributed by atoms with Crippen molar-refractivity contribution in [1.82, 2.24) is 0 Å². The van der Waals surface area contributed by atoms with E-state index in [2.05, 4.69) is 13.2 Å². The molecule has 0 saturated carbocycles. The van der Waals surface area contributed by atoms with Gasteiger partial charge in [0.25, 0.3) is 0 Å². The quantitative estimate of drug-likeness (QED) is 0.571. The van der Waals surface area contributed by atoms with Gasteiger partial charge < -0.3 is 9.47 Å². The van der Waals surface area contributed by atoms with Gasteiger partial charge in [-0.1, -0.05) is 31.4 Å². The van der Waals surface area contributed by atoms with Gasteiger partial charge in [-0.15, -0.1) is 0 Å². The van der Waals surface area contributed by atoms with Crippen LogP contribution in [0.3, 0.4) is 0 Å². The molecule has 0 aromatic carbocycles. The van der Waals surface area contributed by atoms with Crippen molar-refractivity contribution in [3.63, 3.8) is 0 Å². The molecule has 0 saturated heterocycles. The average molecular weight is 300 g/mol. The molecule has 0 amide bonds. The van der Waals surface area contributed by atoms with Gasteiger partial charge in [0.05, 0.1) is 0 Å². The molecule has 0 fully saturated rings. The SMILES string of the molecule is C=C(C)C(=O)OC1=CCC=C(/C=C/C)C(OC(=O)C(=C)C)=C1. The summed E-state index contributed by atoms with van der Waals surface area (Å²) in [5.41, 5.74) is 1.31. The lowest BCUT2D eigenvalue weighted by atomic mass is 10.1. The Morgan fingerprint density at radius 3 is 2.23 bits per heavy atom. The summed E-state index contributed by atoms with van der Waals surface area (Å²) in [7, 11) is 0. The number of esters is 2. The lowest BCUT2D eigenvalue weighted by Crippen LogP contribution is -2.08. The molecule has 0 aromatic rings. The summed E-state index contributed by atoms with van der Waals surface area (Å²) in [4.78, 5) is 23.4. The van der Waals surface area contributed by atoms with Crippen LogP contribution in [0.4, 0.5) is 0 Å². The minimum absolute atomic E-state index is 0.287. The van der Waals surface area contributed by atoms with E-state index in [1.54, 1.807) is 19.9 Å². The molecule has 4 nitrogen and oxygen atoms in total. The fourth-order valence-electron chi connectivity index (χ4n) is 1.54. The van der Waals surface area contributed by atoms with Crippen molar-refractivity contribution >= 4 is 11.9 Å². The maximum Gasteiger partial charge on any atom is 0.338 e. The zero-order valence-electron chi connectivity index (χ0n) is 13.1. The van der Waals surface area contributed by atoms with Crippen molar-refractivity contribution in [3.05, 3.63) is 71.8 Å². The Morgan fingerprint density at radius 2 is 1.68 bits per heavy atom.